The fraction of sp³-hybridized carbons (Fsp3) is 0.675. The number of unbranched alkanes of at least 4 members (excludes halogenated alkanes) is 11. The molecule has 0 aliphatic carbocycles. The Morgan fingerprint density at radius 3 is 1.67 bits per heavy atom. The van der Waals surface area contributed by atoms with Gasteiger partial charge in [0.2, 0.25) is 0 Å². The molecule has 0 aromatic carbocycles. The Morgan fingerprint density at radius 2 is 1.08 bits per heavy atom. The number of carbonyl (C=O) groups excluding carboxylic acids is 2. The topological polar surface area (TPSA) is 172 Å². The second-order valence-corrected chi connectivity index (χ2v) is 14.1. The molecule has 0 saturated heterocycles. The van der Waals surface area contributed by atoms with Crippen LogP contribution in [0.25, 0.3) is 0 Å². The van der Waals surface area contributed by atoms with E-state index in [1.54, 1.807) is 0 Å². The van der Waals surface area contributed by atoms with E-state index < -0.39 is 51.1 Å². The first-order chi connectivity index (χ1) is 25.1. The summed E-state index contributed by atoms with van der Waals surface area (Å²) in [5.74, 6) is -2.46. The van der Waals surface area contributed by atoms with Crippen molar-refractivity contribution < 1.29 is 47.5 Å². The predicted molar refractivity (Wildman–Crippen MR) is 208 cm³/mol. The number of hydrogen-bond donors (Lipinski definition) is 3. The Kier molecular flexibility index (Phi) is 33.3. The van der Waals surface area contributed by atoms with E-state index in [4.69, 9.17) is 24.8 Å². The van der Waals surface area contributed by atoms with Crippen LogP contribution in [0.3, 0.4) is 0 Å². The van der Waals surface area contributed by atoms with E-state index in [0.717, 1.165) is 64.2 Å². The summed E-state index contributed by atoms with van der Waals surface area (Å²) in [7, 11) is -4.73. The maximum absolute atomic E-state index is 12.6. The van der Waals surface area contributed by atoms with E-state index in [1.807, 2.05) is 0 Å². The number of aliphatic carboxylic acids is 1. The number of nitrogens with two attached hydrogens (primary N) is 1. The number of carboxylic acid groups (broad SMARTS) is 1. The van der Waals surface area contributed by atoms with Gasteiger partial charge in [0.15, 0.2) is 6.10 Å². The van der Waals surface area contributed by atoms with Gasteiger partial charge in [-0.2, -0.15) is 0 Å². The van der Waals surface area contributed by atoms with Gasteiger partial charge in [-0.25, -0.2) is 4.57 Å². The van der Waals surface area contributed by atoms with Crippen molar-refractivity contribution in [3.05, 3.63) is 60.8 Å². The zero-order chi connectivity index (χ0) is 38.5. The lowest BCUT2D eigenvalue weighted by Gasteiger charge is -2.20. The molecule has 3 atom stereocenters. The van der Waals surface area contributed by atoms with E-state index >= 15 is 0 Å². The average Bonchev–Trinajstić information content (AvgIpc) is 3.12. The second kappa shape index (κ2) is 35.2. The molecule has 11 nitrogen and oxygen atoms in total. The smallest absolute Gasteiger partial charge is 0.472 e. The van der Waals surface area contributed by atoms with E-state index in [-0.39, 0.29) is 19.4 Å². The Labute approximate surface area is 313 Å². The molecular formula is C40H68NO10P. The SMILES string of the molecule is CC/C=C/C/C=C/C/C=C/C/C=C/CCCCC(=O)OC[C@H](COP(=O)(O)OC[C@H](N)C(=O)O)OC(=O)CCCCC/C=C/CCCCCCCC. The number of phosphoric ester groups is 1. The van der Waals surface area contributed by atoms with Gasteiger partial charge in [0.25, 0.3) is 0 Å². The molecule has 0 rings (SSSR count). The minimum absolute atomic E-state index is 0.129. The highest BCUT2D eigenvalue weighted by atomic mass is 31.2. The van der Waals surface area contributed by atoms with Crippen molar-refractivity contribution in [2.45, 2.75) is 154 Å². The third-order valence-electron chi connectivity index (χ3n) is 7.75. The lowest BCUT2D eigenvalue weighted by molar-refractivity contribution is -0.161. The molecule has 0 aromatic heterocycles. The number of carboxylic acids is 1. The van der Waals surface area contributed by atoms with Crippen LogP contribution in [-0.2, 0) is 37.5 Å². The number of phosphoric acid groups is 1. The van der Waals surface area contributed by atoms with E-state index in [2.05, 4.69) is 79.1 Å². The normalized spacial score (nSPS) is 14.5. The first-order valence-electron chi connectivity index (χ1n) is 19.3. The maximum atomic E-state index is 12.6. The Balaban J connectivity index is 4.54. The van der Waals surface area contributed by atoms with Crippen LogP contribution in [0, 0.1) is 0 Å². The Bertz CT molecular complexity index is 1120. The van der Waals surface area contributed by atoms with Gasteiger partial charge >= 0.3 is 25.7 Å². The molecule has 0 radical (unpaired) electrons. The second-order valence-electron chi connectivity index (χ2n) is 12.7. The molecule has 0 heterocycles. The van der Waals surface area contributed by atoms with Crippen LogP contribution in [0.4, 0.5) is 0 Å². The highest BCUT2D eigenvalue weighted by Crippen LogP contribution is 2.43. The van der Waals surface area contributed by atoms with Crippen LogP contribution in [0.1, 0.15) is 142 Å². The third-order valence-corrected chi connectivity index (χ3v) is 8.70. The molecule has 1 unspecified atom stereocenters. The van der Waals surface area contributed by atoms with Gasteiger partial charge < -0.3 is 25.2 Å². The lowest BCUT2D eigenvalue weighted by Crippen LogP contribution is -2.34. The molecular weight excluding hydrogens is 685 g/mol. The van der Waals surface area contributed by atoms with E-state index in [9.17, 15) is 23.8 Å². The summed E-state index contributed by atoms with van der Waals surface area (Å²) >= 11 is 0. The van der Waals surface area contributed by atoms with Crippen molar-refractivity contribution in [1.29, 1.82) is 0 Å². The monoisotopic (exact) mass is 753 g/mol. The molecule has 4 N–H and O–H groups in total. The summed E-state index contributed by atoms with van der Waals surface area (Å²) in [4.78, 5) is 45.7. The van der Waals surface area contributed by atoms with Crippen LogP contribution in [0.15, 0.2) is 60.8 Å². The standard InChI is InChI=1S/C40H68NO10P/c1-3-5-7-9-11-13-15-17-18-20-21-23-25-27-29-31-38(42)48-33-36(34-49-52(46,47)50-35-37(41)40(44)45)51-39(43)32-30-28-26-24-22-19-16-14-12-10-8-6-4-2/h5,7,11,13,17-19,21-23,36-37H,3-4,6,8-10,12,14-16,20,24-35,41H2,1-2H3,(H,44,45)(H,46,47)/b7-5+,13-11+,18-17+,22-19+,23-21+/t36-,37+/m1/s1. The summed E-state index contributed by atoms with van der Waals surface area (Å²) in [6, 6.07) is -1.53. The largest absolute Gasteiger partial charge is 0.480 e. The average molecular weight is 754 g/mol. The minimum Gasteiger partial charge on any atom is -0.480 e. The van der Waals surface area contributed by atoms with Crippen molar-refractivity contribution in [1.82, 2.24) is 0 Å². The van der Waals surface area contributed by atoms with Gasteiger partial charge in [0, 0.05) is 12.8 Å². The Hall–Kier alpha value is -2.82. The summed E-state index contributed by atoms with van der Waals surface area (Å²) < 4.78 is 32.5. The van der Waals surface area contributed by atoms with Crippen LogP contribution >= 0.6 is 7.82 Å². The van der Waals surface area contributed by atoms with Crippen molar-refractivity contribution in [2.24, 2.45) is 5.73 Å². The van der Waals surface area contributed by atoms with Gasteiger partial charge in [0.05, 0.1) is 13.2 Å². The van der Waals surface area contributed by atoms with Crippen LogP contribution < -0.4 is 5.73 Å². The van der Waals surface area contributed by atoms with Crippen molar-refractivity contribution in [2.75, 3.05) is 19.8 Å². The predicted octanol–water partition coefficient (Wildman–Crippen LogP) is 9.61. The maximum Gasteiger partial charge on any atom is 0.472 e. The van der Waals surface area contributed by atoms with Gasteiger partial charge in [-0.05, 0) is 77.0 Å². The summed E-state index contributed by atoms with van der Waals surface area (Å²) in [5.41, 5.74) is 5.31. The number of allylic oxidation sites excluding steroid dienone is 10. The molecule has 0 aromatic rings. The van der Waals surface area contributed by atoms with Gasteiger partial charge in [-0.3, -0.25) is 23.4 Å². The number of hydrogen-bond acceptors (Lipinski definition) is 9. The lowest BCUT2D eigenvalue weighted by atomic mass is 10.1. The molecule has 52 heavy (non-hydrogen) atoms. The fourth-order valence-corrected chi connectivity index (χ4v) is 5.47. The highest BCUT2D eigenvalue weighted by Gasteiger charge is 2.28. The van der Waals surface area contributed by atoms with Gasteiger partial charge in [-0.15, -0.1) is 0 Å². The molecule has 12 heteroatoms. The zero-order valence-corrected chi connectivity index (χ0v) is 32.8. The van der Waals surface area contributed by atoms with E-state index in [0.29, 0.717) is 12.8 Å². The van der Waals surface area contributed by atoms with Crippen LogP contribution in [0.5, 0.6) is 0 Å². The van der Waals surface area contributed by atoms with Crippen molar-refractivity contribution in [3.63, 3.8) is 0 Å². The molecule has 0 amide bonds. The quantitative estimate of drug-likeness (QED) is 0.0244. The molecule has 0 bridgehead atoms. The highest BCUT2D eigenvalue weighted by molar-refractivity contribution is 7.47. The van der Waals surface area contributed by atoms with Crippen LogP contribution in [0.2, 0.25) is 0 Å². The minimum atomic E-state index is -4.73. The molecule has 0 saturated carbocycles. The van der Waals surface area contributed by atoms with Gasteiger partial charge in [-0.1, -0.05) is 113 Å². The molecule has 0 aliphatic heterocycles. The molecule has 0 fully saturated rings. The third kappa shape index (κ3) is 34.3. The molecule has 298 valence electrons. The number of carbonyl (C=O) groups is 3. The fourth-order valence-electron chi connectivity index (χ4n) is 4.70. The van der Waals surface area contributed by atoms with Crippen LogP contribution in [-0.4, -0.2) is 59.9 Å². The number of esters is 2. The summed E-state index contributed by atoms with van der Waals surface area (Å²) in [6.45, 7) is 2.59. The molecule has 0 spiro atoms. The van der Waals surface area contributed by atoms with Gasteiger partial charge in [0.1, 0.15) is 12.6 Å². The number of rotatable bonds is 35. The van der Waals surface area contributed by atoms with Crippen molar-refractivity contribution >= 4 is 25.7 Å². The first kappa shape index (κ1) is 49.2. The zero-order valence-electron chi connectivity index (χ0n) is 31.9. The summed E-state index contributed by atoms with van der Waals surface area (Å²) in [6.07, 6.45) is 38.7. The molecule has 0 aliphatic rings. The van der Waals surface area contributed by atoms with E-state index in [1.165, 1.54) is 38.5 Å². The number of ether oxygens (including phenoxy) is 2. The first-order valence-corrected chi connectivity index (χ1v) is 20.8. The summed E-state index contributed by atoms with van der Waals surface area (Å²) in [5, 5.41) is 8.86. The van der Waals surface area contributed by atoms with Crippen molar-refractivity contribution in [3.8, 4) is 0 Å². The Morgan fingerprint density at radius 1 is 0.615 bits per heavy atom.